The van der Waals surface area contributed by atoms with E-state index in [9.17, 15) is 4.79 Å². The summed E-state index contributed by atoms with van der Waals surface area (Å²) in [6.07, 6.45) is 3.24. The normalized spacial score (nSPS) is 11.4. The highest BCUT2D eigenvalue weighted by Gasteiger charge is 2.11. The zero-order valence-corrected chi connectivity index (χ0v) is 16.1. The molecular formula is C22H23N3O3. The van der Waals surface area contributed by atoms with Crippen LogP contribution in [-0.4, -0.2) is 25.1 Å². The Balaban J connectivity index is 1.72. The molecule has 0 saturated carbocycles. The Morgan fingerprint density at radius 3 is 2.39 bits per heavy atom. The third kappa shape index (κ3) is 4.59. The van der Waals surface area contributed by atoms with Crippen LogP contribution in [-0.2, 0) is 0 Å². The summed E-state index contributed by atoms with van der Waals surface area (Å²) in [5.41, 5.74) is 3.00. The summed E-state index contributed by atoms with van der Waals surface area (Å²) in [6, 6.07) is 17.2. The Hall–Kier alpha value is -3.54. The molecule has 3 rings (SSSR count). The molecule has 28 heavy (non-hydrogen) atoms. The van der Waals surface area contributed by atoms with Crippen molar-refractivity contribution >= 4 is 17.3 Å². The van der Waals surface area contributed by atoms with E-state index in [1.165, 1.54) is 6.20 Å². The molecule has 144 valence electrons. The smallest absolute Gasteiger partial charge is 0.257 e. The SMILES string of the molecule is COc1ccc(NC(=O)c2cncc(NC(C)c3ccccc3)c2)cc1OC. The second kappa shape index (κ2) is 8.90. The van der Waals surface area contributed by atoms with E-state index in [-0.39, 0.29) is 11.9 Å². The van der Waals surface area contributed by atoms with Crippen LogP contribution in [0, 0.1) is 0 Å². The minimum absolute atomic E-state index is 0.0900. The van der Waals surface area contributed by atoms with Crippen molar-refractivity contribution in [3.63, 3.8) is 0 Å². The van der Waals surface area contributed by atoms with E-state index in [4.69, 9.17) is 9.47 Å². The van der Waals surface area contributed by atoms with Crippen molar-refractivity contribution in [2.75, 3.05) is 24.9 Å². The second-order valence-electron chi connectivity index (χ2n) is 6.26. The van der Waals surface area contributed by atoms with Gasteiger partial charge in [0.15, 0.2) is 11.5 Å². The Morgan fingerprint density at radius 1 is 0.929 bits per heavy atom. The number of benzene rings is 2. The molecule has 1 aromatic heterocycles. The van der Waals surface area contributed by atoms with E-state index in [1.54, 1.807) is 44.7 Å². The van der Waals surface area contributed by atoms with Crippen molar-refractivity contribution in [1.82, 2.24) is 4.98 Å². The molecule has 1 heterocycles. The standard InChI is InChI=1S/C22H23N3O3/c1-15(16-7-5-4-6-8-16)24-19-11-17(13-23-14-19)22(26)25-18-9-10-20(27-2)21(12-18)28-3/h4-15,24H,1-3H3,(H,25,26). The fourth-order valence-electron chi connectivity index (χ4n) is 2.84. The average Bonchev–Trinajstić information content (AvgIpc) is 2.74. The lowest BCUT2D eigenvalue weighted by Crippen LogP contribution is -2.13. The van der Waals surface area contributed by atoms with Crippen molar-refractivity contribution in [3.05, 3.63) is 78.1 Å². The van der Waals surface area contributed by atoms with Crippen LogP contribution in [0.5, 0.6) is 11.5 Å². The molecule has 0 aliphatic rings. The number of carbonyl (C=O) groups is 1. The number of hydrogen-bond acceptors (Lipinski definition) is 5. The van der Waals surface area contributed by atoms with Gasteiger partial charge in [-0.05, 0) is 30.7 Å². The molecule has 1 atom stereocenters. The molecule has 3 aromatic rings. The van der Waals surface area contributed by atoms with E-state index in [1.807, 2.05) is 18.2 Å². The van der Waals surface area contributed by atoms with Crippen molar-refractivity contribution in [3.8, 4) is 11.5 Å². The van der Waals surface area contributed by atoms with Gasteiger partial charge in [-0.1, -0.05) is 30.3 Å². The zero-order valence-electron chi connectivity index (χ0n) is 16.1. The fourth-order valence-corrected chi connectivity index (χ4v) is 2.84. The number of nitrogens with one attached hydrogen (secondary N) is 2. The zero-order chi connectivity index (χ0) is 19.9. The van der Waals surface area contributed by atoms with Crippen molar-refractivity contribution < 1.29 is 14.3 Å². The molecule has 0 bridgehead atoms. The van der Waals surface area contributed by atoms with Crippen LogP contribution < -0.4 is 20.1 Å². The predicted octanol–water partition coefficient (Wildman–Crippen LogP) is 4.52. The van der Waals surface area contributed by atoms with E-state index in [2.05, 4.69) is 34.7 Å². The number of ether oxygens (including phenoxy) is 2. The summed E-state index contributed by atoms with van der Waals surface area (Å²) < 4.78 is 10.5. The average molecular weight is 377 g/mol. The van der Waals surface area contributed by atoms with Gasteiger partial charge in [-0.2, -0.15) is 0 Å². The first kappa shape index (κ1) is 19.2. The fraction of sp³-hybridized carbons (Fsp3) is 0.182. The van der Waals surface area contributed by atoms with E-state index >= 15 is 0 Å². The number of nitrogens with zero attached hydrogens (tertiary/aromatic N) is 1. The molecule has 0 aliphatic carbocycles. The predicted molar refractivity (Wildman–Crippen MR) is 110 cm³/mol. The minimum atomic E-state index is -0.254. The topological polar surface area (TPSA) is 72.5 Å². The first-order chi connectivity index (χ1) is 13.6. The van der Waals surface area contributed by atoms with Gasteiger partial charge in [0.25, 0.3) is 5.91 Å². The number of rotatable bonds is 7. The molecule has 1 unspecified atom stereocenters. The summed E-state index contributed by atoms with van der Waals surface area (Å²) in [6.45, 7) is 2.06. The van der Waals surface area contributed by atoms with Gasteiger partial charge in [-0.3, -0.25) is 9.78 Å². The van der Waals surface area contributed by atoms with Crippen LogP contribution in [0.25, 0.3) is 0 Å². The molecule has 1 amide bonds. The molecular weight excluding hydrogens is 354 g/mol. The molecule has 0 fully saturated rings. The number of carbonyl (C=O) groups excluding carboxylic acids is 1. The summed E-state index contributed by atoms with van der Waals surface area (Å²) in [7, 11) is 3.12. The summed E-state index contributed by atoms with van der Waals surface area (Å²) in [5, 5.41) is 6.23. The van der Waals surface area contributed by atoms with Gasteiger partial charge in [-0.25, -0.2) is 0 Å². The Labute approximate surface area is 164 Å². The molecule has 2 N–H and O–H groups in total. The summed E-state index contributed by atoms with van der Waals surface area (Å²) >= 11 is 0. The van der Waals surface area contributed by atoms with E-state index in [0.29, 0.717) is 22.7 Å². The molecule has 0 aliphatic heterocycles. The van der Waals surface area contributed by atoms with Crippen LogP contribution in [0.2, 0.25) is 0 Å². The Kier molecular flexibility index (Phi) is 6.11. The largest absolute Gasteiger partial charge is 0.493 e. The van der Waals surface area contributed by atoms with Crippen molar-refractivity contribution in [1.29, 1.82) is 0 Å². The van der Waals surface area contributed by atoms with Crippen LogP contribution in [0.4, 0.5) is 11.4 Å². The minimum Gasteiger partial charge on any atom is -0.493 e. The highest BCUT2D eigenvalue weighted by molar-refractivity contribution is 6.04. The Morgan fingerprint density at radius 2 is 1.68 bits per heavy atom. The van der Waals surface area contributed by atoms with Gasteiger partial charge in [-0.15, -0.1) is 0 Å². The van der Waals surface area contributed by atoms with Crippen molar-refractivity contribution in [2.24, 2.45) is 0 Å². The maximum absolute atomic E-state index is 12.6. The highest BCUT2D eigenvalue weighted by atomic mass is 16.5. The lowest BCUT2D eigenvalue weighted by molar-refractivity contribution is 0.102. The Bertz CT molecular complexity index is 945. The second-order valence-corrected chi connectivity index (χ2v) is 6.26. The van der Waals surface area contributed by atoms with Crippen LogP contribution in [0.1, 0.15) is 28.9 Å². The van der Waals surface area contributed by atoms with E-state index in [0.717, 1.165) is 11.3 Å². The number of aromatic nitrogens is 1. The highest BCUT2D eigenvalue weighted by Crippen LogP contribution is 2.30. The lowest BCUT2D eigenvalue weighted by atomic mass is 10.1. The van der Waals surface area contributed by atoms with Crippen LogP contribution in [0.15, 0.2) is 67.0 Å². The molecule has 0 saturated heterocycles. The number of anilines is 2. The number of amides is 1. The van der Waals surface area contributed by atoms with Gasteiger partial charge < -0.3 is 20.1 Å². The summed E-state index contributed by atoms with van der Waals surface area (Å²) in [5.74, 6) is 0.893. The van der Waals surface area contributed by atoms with E-state index < -0.39 is 0 Å². The van der Waals surface area contributed by atoms with Crippen LogP contribution in [0.3, 0.4) is 0 Å². The first-order valence-electron chi connectivity index (χ1n) is 8.90. The first-order valence-corrected chi connectivity index (χ1v) is 8.90. The summed E-state index contributed by atoms with van der Waals surface area (Å²) in [4.78, 5) is 16.8. The van der Waals surface area contributed by atoms with Gasteiger partial charge in [0, 0.05) is 30.2 Å². The number of hydrogen-bond donors (Lipinski definition) is 2. The van der Waals surface area contributed by atoms with Crippen LogP contribution >= 0.6 is 0 Å². The molecule has 0 radical (unpaired) electrons. The van der Waals surface area contributed by atoms with Gasteiger partial charge >= 0.3 is 0 Å². The number of methoxy groups -OCH3 is 2. The van der Waals surface area contributed by atoms with Gasteiger partial charge in [0.1, 0.15) is 0 Å². The molecule has 6 nitrogen and oxygen atoms in total. The quantitative estimate of drug-likeness (QED) is 0.633. The van der Waals surface area contributed by atoms with Crippen molar-refractivity contribution in [2.45, 2.75) is 13.0 Å². The van der Waals surface area contributed by atoms with Gasteiger partial charge in [0.2, 0.25) is 0 Å². The third-order valence-corrected chi connectivity index (χ3v) is 4.32. The molecule has 6 heteroatoms. The lowest BCUT2D eigenvalue weighted by Gasteiger charge is -2.16. The maximum Gasteiger partial charge on any atom is 0.257 e. The van der Waals surface area contributed by atoms with Gasteiger partial charge in [0.05, 0.1) is 25.5 Å². The monoisotopic (exact) mass is 377 g/mol. The number of pyridine rings is 1. The molecule has 2 aromatic carbocycles. The third-order valence-electron chi connectivity index (χ3n) is 4.32. The maximum atomic E-state index is 12.6. The molecule has 0 spiro atoms.